The number of methoxy groups -OCH3 is 1. The zero-order chi connectivity index (χ0) is 17.2. The molecule has 0 unspecified atom stereocenters. The predicted octanol–water partition coefficient (Wildman–Crippen LogP) is 2.64. The first-order valence-electron chi connectivity index (χ1n) is 7.59. The zero-order valence-corrected chi connectivity index (χ0v) is 13.6. The van der Waals surface area contributed by atoms with Gasteiger partial charge in [0.15, 0.2) is 0 Å². The quantitative estimate of drug-likeness (QED) is 0.735. The molecule has 0 saturated heterocycles. The Morgan fingerprint density at radius 3 is 2.79 bits per heavy atom. The van der Waals surface area contributed by atoms with Crippen LogP contribution in [-0.4, -0.2) is 36.1 Å². The molecule has 2 rings (SSSR count). The van der Waals surface area contributed by atoms with Crippen LogP contribution in [0.4, 0.5) is 0 Å². The first kappa shape index (κ1) is 17.4. The van der Waals surface area contributed by atoms with Crippen LogP contribution >= 0.6 is 0 Å². The highest BCUT2D eigenvalue weighted by Crippen LogP contribution is 2.10. The average Bonchev–Trinajstić information content (AvgIpc) is 2.64. The van der Waals surface area contributed by atoms with Gasteiger partial charge in [-0.25, -0.2) is 0 Å². The summed E-state index contributed by atoms with van der Waals surface area (Å²) in [7, 11) is 1.60. The van der Waals surface area contributed by atoms with E-state index in [4.69, 9.17) is 10.00 Å². The fourth-order valence-electron chi connectivity index (χ4n) is 2.17. The minimum Gasteiger partial charge on any atom is -0.383 e. The molecule has 1 aromatic carbocycles. The summed E-state index contributed by atoms with van der Waals surface area (Å²) >= 11 is 0. The van der Waals surface area contributed by atoms with Gasteiger partial charge in [0.2, 0.25) is 5.91 Å². The molecule has 0 fully saturated rings. The van der Waals surface area contributed by atoms with Gasteiger partial charge < -0.3 is 9.64 Å². The van der Waals surface area contributed by atoms with Gasteiger partial charge in [-0.1, -0.05) is 24.3 Å². The Kier molecular flexibility index (Phi) is 6.69. The number of aromatic nitrogens is 1. The Hall–Kier alpha value is -2.97. The van der Waals surface area contributed by atoms with Crippen LogP contribution in [0.1, 0.15) is 16.8 Å². The number of ether oxygens (including phenoxy) is 1. The number of carbonyl (C=O) groups is 1. The topological polar surface area (TPSA) is 66.2 Å². The van der Waals surface area contributed by atoms with Crippen molar-refractivity contribution in [1.29, 1.82) is 5.26 Å². The molecular formula is C19H19N3O2. The number of benzene rings is 1. The third-order valence-electron chi connectivity index (χ3n) is 3.44. The van der Waals surface area contributed by atoms with E-state index in [2.05, 4.69) is 11.1 Å². The van der Waals surface area contributed by atoms with Gasteiger partial charge in [-0.2, -0.15) is 5.26 Å². The maximum Gasteiger partial charge on any atom is 0.247 e. The van der Waals surface area contributed by atoms with Crippen molar-refractivity contribution in [1.82, 2.24) is 9.88 Å². The van der Waals surface area contributed by atoms with E-state index < -0.39 is 0 Å². The highest BCUT2D eigenvalue weighted by atomic mass is 16.5. The van der Waals surface area contributed by atoms with E-state index in [1.807, 2.05) is 24.3 Å². The fraction of sp³-hybridized carbons (Fsp3) is 0.211. The molecule has 1 heterocycles. The van der Waals surface area contributed by atoms with Crippen molar-refractivity contribution in [2.75, 3.05) is 20.3 Å². The minimum atomic E-state index is -0.148. The van der Waals surface area contributed by atoms with Crippen molar-refractivity contribution in [3.05, 3.63) is 71.6 Å². The van der Waals surface area contributed by atoms with Gasteiger partial charge in [0, 0.05) is 25.9 Å². The van der Waals surface area contributed by atoms with Crippen LogP contribution in [0.15, 0.2) is 54.7 Å². The van der Waals surface area contributed by atoms with E-state index in [0.717, 1.165) is 11.3 Å². The number of pyridine rings is 1. The molecule has 2 aromatic rings. The lowest BCUT2D eigenvalue weighted by atomic mass is 10.1. The van der Waals surface area contributed by atoms with Crippen LogP contribution in [0, 0.1) is 11.3 Å². The van der Waals surface area contributed by atoms with Gasteiger partial charge in [0.25, 0.3) is 0 Å². The third-order valence-corrected chi connectivity index (χ3v) is 3.44. The average molecular weight is 321 g/mol. The monoisotopic (exact) mass is 321 g/mol. The van der Waals surface area contributed by atoms with Crippen LogP contribution in [0.5, 0.6) is 0 Å². The van der Waals surface area contributed by atoms with Gasteiger partial charge in [0.1, 0.15) is 0 Å². The maximum atomic E-state index is 12.5. The fourth-order valence-corrected chi connectivity index (χ4v) is 2.17. The Morgan fingerprint density at radius 1 is 1.29 bits per heavy atom. The lowest BCUT2D eigenvalue weighted by Gasteiger charge is -2.20. The molecular weight excluding hydrogens is 302 g/mol. The Balaban J connectivity index is 2.12. The SMILES string of the molecule is COCCN(Cc1ccccn1)C(=O)/C=C/c1ccccc1C#N. The van der Waals surface area contributed by atoms with E-state index in [-0.39, 0.29) is 5.91 Å². The van der Waals surface area contributed by atoms with E-state index in [1.165, 1.54) is 6.08 Å². The molecule has 5 heteroatoms. The predicted molar refractivity (Wildman–Crippen MR) is 91.7 cm³/mol. The molecule has 0 atom stereocenters. The molecule has 0 bridgehead atoms. The molecule has 0 aliphatic rings. The molecule has 0 spiro atoms. The van der Waals surface area contributed by atoms with Crippen molar-refractivity contribution in [2.45, 2.75) is 6.54 Å². The van der Waals surface area contributed by atoms with E-state index in [0.29, 0.717) is 25.3 Å². The lowest BCUT2D eigenvalue weighted by Crippen LogP contribution is -2.32. The summed E-state index contributed by atoms with van der Waals surface area (Å²) in [5.41, 5.74) is 2.07. The molecule has 0 aliphatic carbocycles. The summed E-state index contributed by atoms with van der Waals surface area (Å²) < 4.78 is 5.08. The first-order chi connectivity index (χ1) is 11.7. The van der Waals surface area contributed by atoms with Crippen molar-refractivity contribution in [3.63, 3.8) is 0 Å². The van der Waals surface area contributed by atoms with Crippen molar-refractivity contribution < 1.29 is 9.53 Å². The molecule has 1 amide bonds. The van der Waals surface area contributed by atoms with Crippen LogP contribution in [0.3, 0.4) is 0 Å². The normalized spacial score (nSPS) is 10.5. The number of hydrogen-bond donors (Lipinski definition) is 0. The van der Waals surface area contributed by atoms with Gasteiger partial charge in [-0.05, 0) is 29.8 Å². The van der Waals surface area contributed by atoms with Crippen LogP contribution in [-0.2, 0) is 16.1 Å². The largest absolute Gasteiger partial charge is 0.383 e. The molecule has 0 aliphatic heterocycles. The molecule has 5 nitrogen and oxygen atoms in total. The summed E-state index contributed by atoms with van der Waals surface area (Å²) in [5, 5.41) is 9.10. The molecule has 1 aromatic heterocycles. The van der Waals surface area contributed by atoms with E-state index in [9.17, 15) is 4.79 Å². The number of rotatable bonds is 7. The highest BCUT2D eigenvalue weighted by Gasteiger charge is 2.12. The Bertz CT molecular complexity index is 736. The van der Waals surface area contributed by atoms with Crippen LogP contribution < -0.4 is 0 Å². The van der Waals surface area contributed by atoms with E-state index in [1.54, 1.807) is 42.5 Å². The highest BCUT2D eigenvalue weighted by molar-refractivity contribution is 5.92. The lowest BCUT2D eigenvalue weighted by molar-refractivity contribution is -0.127. The molecule has 24 heavy (non-hydrogen) atoms. The number of nitrogens with zero attached hydrogens (tertiary/aromatic N) is 3. The van der Waals surface area contributed by atoms with Crippen molar-refractivity contribution in [2.24, 2.45) is 0 Å². The van der Waals surface area contributed by atoms with Gasteiger partial charge >= 0.3 is 0 Å². The molecule has 122 valence electrons. The molecule has 0 N–H and O–H groups in total. The summed E-state index contributed by atoms with van der Waals surface area (Å²) in [5.74, 6) is -0.148. The van der Waals surface area contributed by atoms with Gasteiger partial charge in [-0.3, -0.25) is 9.78 Å². The number of carbonyl (C=O) groups excluding carboxylic acids is 1. The number of hydrogen-bond acceptors (Lipinski definition) is 4. The second-order valence-electron chi connectivity index (χ2n) is 5.11. The number of amides is 1. The smallest absolute Gasteiger partial charge is 0.247 e. The summed E-state index contributed by atoms with van der Waals surface area (Å²) in [6, 6.07) is 14.9. The van der Waals surface area contributed by atoms with Crippen LogP contribution in [0.2, 0.25) is 0 Å². The maximum absolute atomic E-state index is 12.5. The Morgan fingerprint density at radius 2 is 2.08 bits per heavy atom. The first-order valence-corrected chi connectivity index (χ1v) is 7.59. The number of nitriles is 1. The summed E-state index contributed by atoms with van der Waals surface area (Å²) in [6.45, 7) is 1.32. The Labute approximate surface area is 141 Å². The van der Waals surface area contributed by atoms with Crippen LogP contribution in [0.25, 0.3) is 6.08 Å². The molecule has 0 radical (unpaired) electrons. The minimum absolute atomic E-state index is 0.148. The zero-order valence-electron chi connectivity index (χ0n) is 13.6. The van der Waals surface area contributed by atoms with Crippen molar-refractivity contribution in [3.8, 4) is 6.07 Å². The standard InChI is InChI=1S/C19H19N3O2/c1-24-13-12-22(15-18-8-4-5-11-21-18)19(23)10-9-16-6-2-3-7-17(16)14-20/h2-11H,12-13,15H2,1H3/b10-9+. The third kappa shape index (κ3) is 5.04. The van der Waals surface area contributed by atoms with Gasteiger partial charge in [-0.15, -0.1) is 0 Å². The van der Waals surface area contributed by atoms with Gasteiger partial charge in [0.05, 0.1) is 30.5 Å². The van der Waals surface area contributed by atoms with Crippen molar-refractivity contribution >= 4 is 12.0 Å². The second-order valence-corrected chi connectivity index (χ2v) is 5.11. The summed E-state index contributed by atoms with van der Waals surface area (Å²) in [4.78, 5) is 18.4. The summed E-state index contributed by atoms with van der Waals surface area (Å²) in [6.07, 6.45) is 4.85. The van der Waals surface area contributed by atoms with E-state index >= 15 is 0 Å². The second kappa shape index (κ2) is 9.23. The molecule has 0 saturated carbocycles.